The fourth-order valence-corrected chi connectivity index (χ4v) is 2.09. The predicted octanol–water partition coefficient (Wildman–Crippen LogP) is 1.18. The number of halogens is 3. The van der Waals surface area contributed by atoms with Gasteiger partial charge in [-0.25, -0.2) is 4.90 Å². The summed E-state index contributed by atoms with van der Waals surface area (Å²) in [6.45, 7) is -0.436. The van der Waals surface area contributed by atoms with Crippen molar-refractivity contribution < 1.29 is 32.9 Å². The van der Waals surface area contributed by atoms with Gasteiger partial charge in [0.1, 0.15) is 19.0 Å². The molecule has 5 nitrogen and oxygen atoms in total. The summed E-state index contributed by atoms with van der Waals surface area (Å²) in [5.41, 5.74) is -0.868. The van der Waals surface area contributed by atoms with Gasteiger partial charge < -0.3 is 14.9 Å². The molecule has 1 aromatic rings. The second kappa shape index (κ2) is 5.04. The highest BCUT2D eigenvalue weighted by Gasteiger charge is 2.40. The van der Waals surface area contributed by atoms with Gasteiger partial charge in [0.25, 0.3) is 0 Å². The number of ether oxygens (including phenoxy) is 1. The Morgan fingerprint density at radius 3 is 2.45 bits per heavy atom. The molecule has 0 aliphatic carbocycles. The quantitative estimate of drug-likeness (QED) is 0.801. The van der Waals surface area contributed by atoms with E-state index in [9.17, 15) is 28.2 Å². The number of fused-ring (bicyclic) bond motifs is 1. The first-order valence-corrected chi connectivity index (χ1v) is 5.65. The van der Waals surface area contributed by atoms with E-state index < -0.39 is 36.7 Å². The zero-order valence-corrected chi connectivity index (χ0v) is 10.4. The van der Waals surface area contributed by atoms with Crippen LogP contribution in [0.2, 0.25) is 0 Å². The standard InChI is InChI=1S/C12H12F3NO4/c1-20-9(17)5-16-10(18)7-3-2-6(12(13,14)15)4-8(7)11(16)19/h2-4,10-11,18-19H,5H2,1H3. The van der Waals surface area contributed by atoms with Crippen LogP contribution >= 0.6 is 0 Å². The van der Waals surface area contributed by atoms with E-state index in [1.807, 2.05) is 0 Å². The van der Waals surface area contributed by atoms with Gasteiger partial charge in [-0.2, -0.15) is 13.2 Å². The monoisotopic (exact) mass is 291 g/mol. The summed E-state index contributed by atoms with van der Waals surface area (Å²) in [5, 5.41) is 19.9. The van der Waals surface area contributed by atoms with Crippen LogP contribution in [0.3, 0.4) is 0 Å². The summed E-state index contributed by atoms with van der Waals surface area (Å²) in [6, 6.07) is 2.67. The molecule has 20 heavy (non-hydrogen) atoms. The number of alkyl halides is 3. The molecule has 2 rings (SSSR count). The molecule has 0 amide bonds. The minimum Gasteiger partial charge on any atom is -0.468 e. The largest absolute Gasteiger partial charge is 0.468 e. The van der Waals surface area contributed by atoms with Gasteiger partial charge >= 0.3 is 12.1 Å². The van der Waals surface area contributed by atoms with Crippen LogP contribution in [0.1, 0.15) is 29.1 Å². The van der Waals surface area contributed by atoms with Crippen LogP contribution in [0.5, 0.6) is 0 Å². The van der Waals surface area contributed by atoms with Crippen molar-refractivity contribution in [1.82, 2.24) is 4.90 Å². The molecule has 1 aromatic carbocycles. The number of hydrogen-bond acceptors (Lipinski definition) is 5. The van der Waals surface area contributed by atoms with E-state index in [-0.39, 0.29) is 11.1 Å². The minimum atomic E-state index is -4.55. The zero-order valence-electron chi connectivity index (χ0n) is 10.4. The van der Waals surface area contributed by atoms with E-state index in [2.05, 4.69) is 4.74 Å². The topological polar surface area (TPSA) is 70.0 Å². The highest BCUT2D eigenvalue weighted by molar-refractivity contribution is 5.71. The fraction of sp³-hybridized carbons (Fsp3) is 0.417. The van der Waals surface area contributed by atoms with E-state index in [4.69, 9.17) is 0 Å². The molecule has 2 unspecified atom stereocenters. The van der Waals surface area contributed by atoms with E-state index in [1.54, 1.807) is 0 Å². The van der Waals surface area contributed by atoms with Gasteiger partial charge in [0, 0.05) is 11.1 Å². The Hall–Kier alpha value is -1.64. The first kappa shape index (κ1) is 14.8. The Labute approximate surface area is 112 Å². The van der Waals surface area contributed by atoms with Crippen LogP contribution in [0.4, 0.5) is 13.2 Å². The van der Waals surface area contributed by atoms with E-state index in [0.717, 1.165) is 30.2 Å². The average molecular weight is 291 g/mol. The summed E-state index contributed by atoms with van der Waals surface area (Å²) >= 11 is 0. The number of carbonyl (C=O) groups excluding carboxylic acids is 1. The normalized spacial score (nSPS) is 22.7. The number of aliphatic hydroxyl groups is 2. The zero-order chi connectivity index (χ0) is 15.1. The number of rotatable bonds is 2. The molecule has 0 radical (unpaired) electrons. The maximum atomic E-state index is 12.6. The van der Waals surface area contributed by atoms with Crippen molar-refractivity contribution in [3.05, 3.63) is 34.9 Å². The third-order valence-electron chi connectivity index (χ3n) is 3.14. The molecule has 0 saturated heterocycles. The highest BCUT2D eigenvalue weighted by atomic mass is 19.4. The number of aliphatic hydroxyl groups excluding tert-OH is 2. The van der Waals surface area contributed by atoms with E-state index >= 15 is 0 Å². The molecule has 1 heterocycles. The van der Waals surface area contributed by atoms with Gasteiger partial charge in [-0.3, -0.25) is 4.79 Å². The van der Waals surface area contributed by atoms with E-state index in [1.165, 1.54) is 0 Å². The van der Waals surface area contributed by atoms with Crippen molar-refractivity contribution in [3.63, 3.8) is 0 Å². The summed E-state index contributed by atoms with van der Waals surface area (Å²) in [6.07, 6.45) is -7.40. The Morgan fingerprint density at radius 1 is 1.30 bits per heavy atom. The molecular weight excluding hydrogens is 279 g/mol. The maximum Gasteiger partial charge on any atom is 0.416 e. The molecule has 2 N–H and O–H groups in total. The van der Waals surface area contributed by atoms with Crippen molar-refractivity contribution in [2.45, 2.75) is 18.6 Å². The van der Waals surface area contributed by atoms with Gasteiger partial charge in [-0.1, -0.05) is 6.07 Å². The number of hydrogen-bond donors (Lipinski definition) is 2. The first-order chi connectivity index (χ1) is 9.25. The summed E-state index contributed by atoms with van der Waals surface area (Å²) < 4.78 is 42.2. The fourth-order valence-electron chi connectivity index (χ4n) is 2.09. The molecule has 110 valence electrons. The molecule has 2 atom stereocenters. The van der Waals surface area contributed by atoms with Crippen LogP contribution in [0, 0.1) is 0 Å². The van der Waals surface area contributed by atoms with Crippen LogP contribution in [0.15, 0.2) is 18.2 Å². The lowest BCUT2D eigenvalue weighted by molar-refractivity contribution is -0.152. The lowest BCUT2D eigenvalue weighted by Gasteiger charge is -2.22. The van der Waals surface area contributed by atoms with Crippen molar-refractivity contribution >= 4 is 5.97 Å². The lowest BCUT2D eigenvalue weighted by Crippen LogP contribution is -2.32. The number of methoxy groups -OCH3 is 1. The first-order valence-electron chi connectivity index (χ1n) is 5.65. The van der Waals surface area contributed by atoms with Gasteiger partial charge in [0.2, 0.25) is 0 Å². The number of esters is 1. The predicted molar refractivity (Wildman–Crippen MR) is 60.1 cm³/mol. The number of nitrogens with zero attached hydrogens (tertiary/aromatic N) is 1. The number of carbonyl (C=O) groups is 1. The molecule has 0 aromatic heterocycles. The molecule has 8 heteroatoms. The summed E-state index contributed by atoms with van der Waals surface area (Å²) in [4.78, 5) is 12.1. The molecule has 0 bridgehead atoms. The smallest absolute Gasteiger partial charge is 0.416 e. The number of benzene rings is 1. The molecule has 1 aliphatic rings. The Kier molecular flexibility index (Phi) is 3.72. The lowest BCUT2D eigenvalue weighted by atomic mass is 10.0. The van der Waals surface area contributed by atoms with Crippen LogP contribution in [-0.2, 0) is 15.7 Å². The Morgan fingerprint density at radius 2 is 1.90 bits per heavy atom. The molecule has 1 aliphatic heterocycles. The van der Waals surface area contributed by atoms with Crippen molar-refractivity contribution in [3.8, 4) is 0 Å². The van der Waals surface area contributed by atoms with Gasteiger partial charge in [-0.15, -0.1) is 0 Å². The van der Waals surface area contributed by atoms with Crippen LogP contribution in [-0.4, -0.2) is 34.7 Å². The third kappa shape index (κ3) is 2.49. The molecule has 0 fully saturated rings. The van der Waals surface area contributed by atoms with Crippen LogP contribution in [0.25, 0.3) is 0 Å². The van der Waals surface area contributed by atoms with Gasteiger partial charge in [0.05, 0.1) is 12.7 Å². The van der Waals surface area contributed by atoms with Crippen LogP contribution < -0.4 is 0 Å². The van der Waals surface area contributed by atoms with Gasteiger partial charge in [-0.05, 0) is 12.1 Å². The summed E-state index contributed by atoms with van der Waals surface area (Å²) in [7, 11) is 1.13. The molecule has 0 saturated carbocycles. The van der Waals surface area contributed by atoms with E-state index in [0.29, 0.717) is 0 Å². The SMILES string of the molecule is COC(=O)CN1C(O)c2ccc(C(F)(F)F)cc2C1O. The maximum absolute atomic E-state index is 12.6. The van der Waals surface area contributed by atoms with Crippen molar-refractivity contribution in [2.24, 2.45) is 0 Å². The van der Waals surface area contributed by atoms with Crippen molar-refractivity contribution in [1.29, 1.82) is 0 Å². The second-order valence-corrected chi connectivity index (χ2v) is 4.34. The molecule has 0 spiro atoms. The average Bonchev–Trinajstić information content (AvgIpc) is 2.62. The highest BCUT2D eigenvalue weighted by Crippen LogP contribution is 2.41. The van der Waals surface area contributed by atoms with Crippen molar-refractivity contribution in [2.75, 3.05) is 13.7 Å². The second-order valence-electron chi connectivity index (χ2n) is 4.34. The Balaban J connectivity index is 2.34. The van der Waals surface area contributed by atoms with Gasteiger partial charge in [0.15, 0.2) is 0 Å². The minimum absolute atomic E-state index is 0.0729. The Bertz CT molecular complexity index is 532. The molecular formula is C12H12F3NO4. The summed E-state index contributed by atoms with van der Waals surface area (Å²) in [5.74, 6) is -0.716. The third-order valence-corrected chi connectivity index (χ3v) is 3.14.